The Kier molecular flexibility index (Phi) is 5.52. The minimum atomic E-state index is -3.98. The number of urea groups is 1. The van der Waals surface area contributed by atoms with E-state index in [4.69, 9.17) is 11.6 Å². The first-order valence-corrected chi connectivity index (χ1v) is 10.4. The van der Waals surface area contributed by atoms with Crippen LogP contribution in [0.3, 0.4) is 0 Å². The highest BCUT2D eigenvalue weighted by atomic mass is 35.5. The first-order valence-electron chi connectivity index (χ1n) is 8.51. The summed E-state index contributed by atoms with van der Waals surface area (Å²) in [5.41, 5.74) is 0.770. The molecule has 1 saturated carbocycles. The number of hydrogen-bond donors (Lipinski definition) is 2. The molecule has 1 aromatic heterocycles. The maximum atomic E-state index is 12.3. The molecule has 0 atom stereocenters. The molecule has 9 heteroatoms. The third kappa shape index (κ3) is 4.37. The zero-order chi connectivity index (χ0) is 18.7. The molecule has 1 aromatic carbocycles. The van der Waals surface area contributed by atoms with Crippen molar-refractivity contribution in [1.82, 2.24) is 14.5 Å². The van der Waals surface area contributed by atoms with Crippen molar-refractivity contribution in [3.05, 3.63) is 41.0 Å². The van der Waals surface area contributed by atoms with Crippen LogP contribution in [0, 0.1) is 6.92 Å². The van der Waals surface area contributed by atoms with E-state index in [2.05, 4.69) is 10.4 Å². The molecule has 0 radical (unpaired) electrons. The Bertz CT molecular complexity index is 887. The molecule has 0 spiro atoms. The Morgan fingerprint density at radius 2 is 1.85 bits per heavy atom. The average Bonchev–Trinajstić information content (AvgIpc) is 2.95. The summed E-state index contributed by atoms with van der Waals surface area (Å²) in [6.07, 6.45) is 5.46. The van der Waals surface area contributed by atoms with Crippen molar-refractivity contribution in [3.8, 4) is 0 Å². The molecule has 2 N–H and O–H groups in total. The quantitative estimate of drug-likeness (QED) is 0.820. The van der Waals surface area contributed by atoms with E-state index < -0.39 is 16.1 Å². The maximum absolute atomic E-state index is 12.3. The lowest BCUT2D eigenvalue weighted by atomic mass is 9.96. The number of hydrogen-bond acceptors (Lipinski definition) is 4. The van der Waals surface area contributed by atoms with Crippen molar-refractivity contribution in [2.24, 2.45) is 0 Å². The molecule has 0 unspecified atom stereocenters. The molecule has 1 heterocycles. The van der Waals surface area contributed by atoms with E-state index in [9.17, 15) is 13.2 Å². The van der Waals surface area contributed by atoms with Crippen LogP contribution in [0.2, 0.25) is 5.02 Å². The fraction of sp³-hybridized carbons (Fsp3) is 0.412. The second kappa shape index (κ2) is 7.67. The number of carbonyl (C=O) groups excluding carboxylic acids is 1. The summed E-state index contributed by atoms with van der Waals surface area (Å²) in [6, 6.07) is 6.73. The first kappa shape index (κ1) is 18.7. The van der Waals surface area contributed by atoms with E-state index in [0.29, 0.717) is 10.8 Å². The van der Waals surface area contributed by atoms with Crippen LogP contribution in [0.25, 0.3) is 0 Å². The lowest BCUT2D eigenvalue weighted by molar-refractivity contribution is 0.256. The van der Waals surface area contributed by atoms with E-state index in [-0.39, 0.29) is 10.9 Å². The van der Waals surface area contributed by atoms with Crippen LogP contribution >= 0.6 is 11.6 Å². The van der Waals surface area contributed by atoms with Crippen LogP contribution in [0.1, 0.15) is 43.8 Å². The molecular weight excluding hydrogens is 376 g/mol. The zero-order valence-electron chi connectivity index (χ0n) is 14.4. The number of nitrogens with one attached hydrogen (secondary N) is 2. The Morgan fingerprint density at radius 3 is 2.50 bits per heavy atom. The smallest absolute Gasteiger partial charge is 0.292 e. The van der Waals surface area contributed by atoms with Crippen LogP contribution in [-0.2, 0) is 10.0 Å². The highest BCUT2D eigenvalue weighted by Crippen LogP contribution is 2.30. The zero-order valence-corrected chi connectivity index (χ0v) is 16.0. The van der Waals surface area contributed by atoms with E-state index >= 15 is 0 Å². The van der Waals surface area contributed by atoms with Gasteiger partial charge in [0.25, 0.3) is 10.0 Å². The number of carbonyl (C=O) groups is 1. The maximum Gasteiger partial charge on any atom is 0.334 e. The molecule has 0 bridgehead atoms. The Hall–Kier alpha value is -2.06. The Balaban J connectivity index is 1.73. The molecule has 2 amide bonds. The summed E-state index contributed by atoms with van der Waals surface area (Å²) < 4.78 is 28.4. The number of halogens is 1. The van der Waals surface area contributed by atoms with E-state index in [0.717, 1.165) is 31.4 Å². The van der Waals surface area contributed by atoms with Crippen molar-refractivity contribution in [2.45, 2.75) is 50.0 Å². The summed E-state index contributed by atoms with van der Waals surface area (Å²) in [7, 11) is -3.98. The predicted molar refractivity (Wildman–Crippen MR) is 99.9 cm³/mol. The highest BCUT2D eigenvalue weighted by Gasteiger charge is 2.22. The monoisotopic (exact) mass is 396 g/mol. The Morgan fingerprint density at radius 1 is 1.19 bits per heavy atom. The van der Waals surface area contributed by atoms with Crippen LogP contribution in [0.5, 0.6) is 0 Å². The van der Waals surface area contributed by atoms with Gasteiger partial charge in [0.05, 0.1) is 16.6 Å². The number of anilines is 1. The van der Waals surface area contributed by atoms with Gasteiger partial charge in [-0.25, -0.2) is 22.6 Å². The molecular formula is C17H21ClN4O3S. The lowest BCUT2D eigenvalue weighted by Gasteiger charge is -2.23. The van der Waals surface area contributed by atoms with Crippen LogP contribution in [0.4, 0.5) is 10.6 Å². The van der Waals surface area contributed by atoms with Crippen molar-refractivity contribution < 1.29 is 13.2 Å². The van der Waals surface area contributed by atoms with Gasteiger partial charge in [0.2, 0.25) is 0 Å². The molecule has 3 rings (SSSR count). The van der Waals surface area contributed by atoms with Crippen LogP contribution < -0.4 is 10.0 Å². The summed E-state index contributed by atoms with van der Waals surface area (Å²) in [5.74, 6) is 0.498. The predicted octanol–water partition coefficient (Wildman–Crippen LogP) is 3.86. The molecule has 0 aliphatic heterocycles. The van der Waals surface area contributed by atoms with Crippen molar-refractivity contribution >= 4 is 33.5 Å². The van der Waals surface area contributed by atoms with Gasteiger partial charge in [0, 0.05) is 11.1 Å². The van der Waals surface area contributed by atoms with E-state index in [1.165, 1.54) is 30.7 Å². The number of sulfonamides is 1. The minimum absolute atomic E-state index is 0.0333. The number of benzene rings is 1. The third-order valence-corrected chi connectivity index (χ3v) is 5.97. The topological polar surface area (TPSA) is 93.1 Å². The molecule has 1 fully saturated rings. The van der Waals surface area contributed by atoms with Crippen LogP contribution in [0.15, 0.2) is 35.2 Å². The number of aryl methyl sites for hydroxylation is 1. The number of amides is 2. The van der Waals surface area contributed by atoms with E-state index in [1.54, 1.807) is 10.7 Å². The Labute approximate surface area is 157 Å². The van der Waals surface area contributed by atoms with Gasteiger partial charge >= 0.3 is 6.03 Å². The molecule has 2 aromatic rings. The van der Waals surface area contributed by atoms with Crippen molar-refractivity contribution in [3.63, 3.8) is 0 Å². The first-order chi connectivity index (χ1) is 12.3. The minimum Gasteiger partial charge on any atom is -0.292 e. The summed E-state index contributed by atoms with van der Waals surface area (Å²) in [5, 5.41) is 7.49. The second-order valence-corrected chi connectivity index (χ2v) is 8.54. The highest BCUT2D eigenvalue weighted by molar-refractivity contribution is 7.90. The third-order valence-electron chi connectivity index (χ3n) is 4.37. The average molecular weight is 397 g/mol. The normalized spacial score (nSPS) is 15.6. The summed E-state index contributed by atoms with van der Waals surface area (Å²) in [4.78, 5) is 12.2. The van der Waals surface area contributed by atoms with Gasteiger partial charge in [-0.05, 0) is 44.0 Å². The van der Waals surface area contributed by atoms with Gasteiger partial charge in [-0.2, -0.15) is 5.10 Å². The summed E-state index contributed by atoms with van der Waals surface area (Å²) >= 11 is 5.76. The molecule has 7 nitrogen and oxygen atoms in total. The summed E-state index contributed by atoms with van der Waals surface area (Å²) in [6.45, 7) is 1.84. The molecule has 1 aliphatic carbocycles. The van der Waals surface area contributed by atoms with Gasteiger partial charge in [0.1, 0.15) is 5.82 Å². The number of aromatic nitrogens is 2. The van der Waals surface area contributed by atoms with Gasteiger partial charge in [-0.15, -0.1) is 0 Å². The van der Waals surface area contributed by atoms with Gasteiger partial charge in [-0.3, -0.25) is 5.32 Å². The fourth-order valence-corrected chi connectivity index (χ4v) is 4.18. The van der Waals surface area contributed by atoms with Crippen molar-refractivity contribution in [1.29, 1.82) is 0 Å². The second-order valence-electron chi connectivity index (χ2n) is 6.42. The fourth-order valence-electron chi connectivity index (χ4n) is 3.15. The largest absolute Gasteiger partial charge is 0.334 e. The lowest BCUT2D eigenvalue weighted by Crippen LogP contribution is -2.35. The number of nitrogens with zero attached hydrogens (tertiary/aromatic N) is 2. The standard InChI is InChI=1S/C17H21ClN4O3S/c1-12-11-16(22(20-12)14-5-3-2-4-6-14)19-17(23)21-26(24,25)15-9-7-13(18)8-10-15/h7-11,14H,2-6H2,1H3,(H2,19,21,23). The van der Waals surface area contributed by atoms with E-state index in [1.807, 2.05) is 11.6 Å². The van der Waals surface area contributed by atoms with Gasteiger partial charge < -0.3 is 0 Å². The molecule has 1 aliphatic rings. The van der Waals surface area contributed by atoms with Crippen molar-refractivity contribution in [2.75, 3.05) is 5.32 Å². The molecule has 26 heavy (non-hydrogen) atoms. The molecule has 0 saturated heterocycles. The van der Waals surface area contributed by atoms with Gasteiger partial charge in [-0.1, -0.05) is 30.9 Å². The van der Waals surface area contributed by atoms with Gasteiger partial charge in [0.15, 0.2) is 0 Å². The molecule has 140 valence electrons. The number of rotatable bonds is 4. The SMILES string of the molecule is Cc1cc(NC(=O)NS(=O)(=O)c2ccc(Cl)cc2)n(C2CCCCC2)n1. The van der Waals surface area contributed by atoms with Crippen LogP contribution in [-0.4, -0.2) is 24.2 Å².